The molecule has 23 heavy (non-hydrogen) atoms. The summed E-state index contributed by atoms with van der Waals surface area (Å²) in [4.78, 5) is 0. The molecule has 0 radical (unpaired) electrons. The summed E-state index contributed by atoms with van der Waals surface area (Å²) in [6.45, 7) is 2.54. The van der Waals surface area contributed by atoms with Crippen LogP contribution in [0.4, 0.5) is 4.39 Å². The van der Waals surface area contributed by atoms with E-state index in [2.05, 4.69) is 5.32 Å². The van der Waals surface area contributed by atoms with Gasteiger partial charge in [-0.2, -0.15) is 0 Å². The third-order valence-electron chi connectivity index (χ3n) is 4.43. The molecule has 2 aromatic rings. The molecule has 0 aliphatic carbocycles. The SMILES string of the molecule is COc1ccc(OC[C@H]2CNCC[C@@H]2c2ccc(F)cc2)cc1. The van der Waals surface area contributed by atoms with Gasteiger partial charge in [-0.1, -0.05) is 12.1 Å². The maximum atomic E-state index is 13.1. The number of piperidine rings is 1. The monoisotopic (exact) mass is 315 g/mol. The van der Waals surface area contributed by atoms with Crippen LogP contribution >= 0.6 is 0 Å². The average molecular weight is 315 g/mol. The van der Waals surface area contributed by atoms with Crippen molar-refractivity contribution in [2.24, 2.45) is 5.92 Å². The van der Waals surface area contributed by atoms with Crippen molar-refractivity contribution in [2.75, 3.05) is 26.8 Å². The van der Waals surface area contributed by atoms with E-state index in [0.717, 1.165) is 31.0 Å². The second-order valence-electron chi connectivity index (χ2n) is 5.90. The molecule has 0 unspecified atom stereocenters. The highest BCUT2D eigenvalue weighted by Gasteiger charge is 2.27. The first-order valence-electron chi connectivity index (χ1n) is 7.99. The van der Waals surface area contributed by atoms with Crippen LogP contribution in [0.5, 0.6) is 11.5 Å². The quantitative estimate of drug-likeness (QED) is 0.914. The molecule has 1 fully saturated rings. The maximum Gasteiger partial charge on any atom is 0.123 e. The van der Waals surface area contributed by atoms with Crippen LogP contribution < -0.4 is 14.8 Å². The van der Waals surface area contributed by atoms with E-state index in [1.807, 2.05) is 36.4 Å². The summed E-state index contributed by atoms with van der Waals surface area (Å²) in [7, 11) is 1.65. The molecule has 0 spiro atoms. The number of methoxy groups -OCH3 is 1. The Bertz CT molecular complexity index is 612. The molecule has 1 N–H and O–H groups in total. The standard InChI is InChI=1S/C19H22FNO2/c1-22-17-6-8-18(9-7-17)23-13-15-12-21-11-10-19(15)14-2-4-16(20)5-3-14/h2-9,15,19,21H,10-13H2,1H3/t15-,19-/m1/s1. The van der Waals surface area contributed by atoms with Gasteiger partial charge in [0.15, 0.2) is 0 Å². The summed E-state index contributed by atoms with van der Waals surface area (Å²) < 4.78 is 24.2. The number of hydrogen-bond acceptors (Lipinski definition) is 3. The Hall–Kier alpha value is -2.07. The third-order valence-corrected chi connectivity index (χ3v) is 4.43. The summed E-state index contributed by atoms with van der Waals surface area (Å²) in [5.41, 5.74) is 1.19. The van der Waals surface area contributed by atoms with E-state index in [1.54, 1.807) is 19.2 Å². The largest absolute Gasteiger partial charge is 0.497 e. The molecular formula is C19H22FNO2. The second kappa shape index (κ2) is 7.47. The summed E-state index contributed by atoms with van der Waals surface area (Å²) >= 11 is 0. The molecule has 0 bridgehead atoms. The minimum absolute atomic E-state index is 0.186. The number of halogens is 1. The van der Waals surface area contributed by atoms with E-state index in [4.69, 9.17) is 9.47 Å². The van der Waals surface area contributed by atoms with Crippen molar-refractivity contribution >= 4 is 0 Å². The van der Waals surface area contributed by atoms with Crippen LogP contribution in [0, 0.1) is 11.7 Å². The lowest BCUT2D eigenvalue weighted by Crippen LogP contribution is -2.38. The minimum atomic E-state index is -0.186. The lowest BCUT2D eigenvalue weighted by molar-refractivity contribution is 0.197. The molecule has 122 valence electrons. The Labute approximate surface area is 136 Å². The zero-order valence-electron chi connectivity index (χ0n) is 13.3. The van der Waals surface area contributed by atoms with Crippen LogP contribution in [0.1, 0.15) is 17.9 Å². The fourth-order valence-electron chi connectivity index (χ4n) is 3.12. The normalized spacial score (nSPS) is 21.0. The summed E-state index contributed by atoms with van der Waals surface area (Å²) in [6, 6.07) is 14.5. The first kappa shape index (κ1) is 15.8. The number of nitrogens with one attached hydrogen (secondary N) is 1. The Morgan fingerprint density at radius 3 is 2.43 bits per heavy atom. The molecule has 2 atom stereocenters. The molecule has 1 aliphatic heterocycles. The molecule has 0 aromatic heterocycles. The van der Waals surface area contributed by atoms with Crippen LogP contribution in [0.15, 0.2) is 48.5 Å². The van der Waals surface area contributed by atoms with Crippen molar-refractivity contribution in [3.63, 3.8) is 0 Å². The van der Waals surface area contributed by atoms with E-state index in [1.165, 1.54) is 5.56 Å². The van der Waals surface area contributed by atoms with Crippen molar-refractivity contribution in [1.29, 1.82) is 0 Å². The van der Waals surface area contributed by atoms with E-state index in [9.17, 15) is 4.39 Å². The minimum Gasteiger partial charge on any atom is -0.497 e. The van der Waals surface area contributed by atoms with Crippen molar-refractivity contribution in [2.45, 2.75) is 12.3 Å². The van der Waals surface area contributed by atoms with E-state index in [-0.39, 0.29) is 5.82 Å². The number of ether oxygens (including phenoxy) is 2. The van der Waals surface area contributed by atoms with Crippen LogP contribution in [0.2, 0.25) is 0 Å². The maximum absolute atomic E-state index is 13.1. The third kappa shape index (κ3) is 4.02. The fraction of sp³-hybridized carbons (Fsp3) is 0.368. The van der Waals surface area contributed by atoms with Gasteiger partial charge >= 0.3 is 0 Å². The van der Waals surface area contributed by atoms with Gasteiger partial charge in [-0.15, -0.1) is 0 Å². The molecule has 1 heterocycles. The zero-order valence-corrected chi connectivity index (χ0v) is 13.3. The van der Waals surface area contributed by atoms with Crippen molar-refractivity contribution in [1.82, 2.24) is 5.32 Å². The highest BCUT2D eigenvalue weighted by molar-refractivity contribution is 5.31. The van der Waals surface area contributed by atoms with Gasteiger partial charge in [0.2, 0.25) is 0 Å². The predicted octanol–water partition coefficient (Wildman–Crippen LogP) is 3.61. The fourth-order valence-corrected chi connectivity index (χ4v) is 3.12. The van der Waals surface area contributed by atoms with Gasteiger partial charge in [0.25, 0.3) is 0 Å². The molecule has 4 heteroatoms. The zero-order chi connectivity index (χ0) is 16.1. The number of rotatable bonds is 5. The Balaban J connectivity index is 1.65. The molecule has 0 saturated carbocycles. The number of benzene rings is 2. The highest BCUT2D eigenvalue weighted by atomic mass is 19.1. The first-order chi connectivity index (χ1) is 11.3. The van der Waals surface area contributed by atoms with Gasteiger partial charge in [0.05, 0.1) is 13.7 Å². The summed E-state index contributed by atoms with van der Waals surface area (Å²) in [6.07, 6.45) is 1.04. The highest BCUT2D eigenvalue weighted by Crippen LogP contribution is 2.31. The van der Waals surface area contributed by atoms with Crippen LogP contribution in [-0.2, 0) is 0 Å². The summed E-state index contributed by atoms with van der Waals surface area (Å²) in [5.74, 6) is 2.25. The van der Waals surface area contributed by atoms with E-state index in [0.29, 0.717) is 18.4 Å². The average Bonchev–Trinajstić information content (AvgIpc) is 2.61. The molecule has 2 aromatic carbocycles. The molecule has 3 nitrogen and oxygen atoms in total. The van der Waals surface area contributed by atoms with Crippen molar-refractivity contribution in [3.8, 4) is 11.5 Å². The van der Waals surface area contributed by atoms with Gasteiger partial charge < -0.3 is 14.8 Å². The molecule has 1 saturated heterocycles. The van der Waals surface area contributed by atoms with Gasteiger partial charge in [0.1, 0.15) is 17.3 Å². The van der Waals surface area contributed by atoms with Crippen LogP contribution in [0.3, 0.4) is 0 Å². The van der Waals surface area contributed by atoms with Gasteiger partial charge in [-0.05, 0) is 60.8 Å². The lowest BCUT2D eigenvalue weighted by atomic mass is 9.81. The van der Waals surface area contributed by atoms with E-state index >= 15 is 0 Å². The lowest BCUT2D eigenvalue weighted by Gasteiger charge is -2.32. The van der Waals surface area contributed by atoms with Gasteiger partial charge in [-0.25, -0.2) is 4.39 Å². The number of hydrogen-bond donors (Lipinski definition) is 1. The molecule has 3 rings (SSSR count). The van der Waals surface area contributed by atoms with Crippen LogP contribution in [0.25, 0.3) is 0 Å². The Kier molecular flexibility index (Phi) is 5.13. The topological polar surface area (TPSA) is 30.5 Å². The first-order valence-corrected chi connectivity index (χ1v) is 7.99. The molecule has 0 amide bonds. The Morgan fingerprint density at radius 2 is 1.74 bits per heavy atom. The predicted molar refractivity (Wildman–Crippen MR) is 88.6 cm³/mol. The second-order valence-corrected chi connectivity index (χ2v) is 5.90. The Morgan fingerprint density at radius 1 is 1.04 bits per heavy atom. The van der Waals surface area contributed by atoms with Crippen molar-refractivity contribution in [3.05, 3.63) is 59.9 Å². The van der Waals surface area contributed by atoms with E-state index < -0.39 is 0 Å². The van der Waals surface area contributed by atoms with Gasteiger partial charge in [-0.3, -0.25) is 0 Å². The smallest absolute Gasteiger partial charge is 0.123 e. The summed E-state index contributed by atoms with van der Waals surface area (Å²) in [5, 5.41) is 3.43. The molecule has 1 aliphatic rings. The van der Waals surface area contributed by atoms with Gasteiger partial charge in [0, 0.05) is 12.5 Å². The van der Waals surface area contributed by atoms with Crippen LogP contribution in [-0.4, -0.2) is 26.8 Å². The van der Waals surface area contributed by atoms with Crippen molar-refractivity contribution < 1.29 is 13.9 Å². The molecular weight excluding hydrogens is 293 g/mol.